The van der Waals surface area contributed by atoms with E-state index in [0.29, 0.717) is 6.54 Å². The van der Waals surface area contributed by atoms with Crippen LogP contribution in [0.4, 0.5) is 4.79 Å². The van der Waals surface area contributed by atoms with E-state index in [2.05, 4.69) is 0 Å². The highest BCUT2D eigenvalue weighted by Gasteiger charge is 2.60. The molecule has 0 spiro atoms. The van der Waals surface area contributed by atoms with Crippen LogP contribution >= 0.6 is 0 Å². The third-order valence-electron chi connectivity index (χ3n) is 2.53. The summed E-state index contributed by atoms with van der Waals surface area (Å²) in [4.78, 5) is 23.9. The van der Waals surface area contributed by atoms with Gasteiger partial charge in [-0.25, -0.2) is 9.59 Å². The minimum atomic E-state index is -1.05. The molecule has 1 N–H and O–H groups in total. The van der Waals surface area contributed by atoms with E-state index >= 15 is 0 Å². The van der Waals surface area contributed by atoms with Gasteiger partial charge in [-0.05, 0) is 20.8 Å². The topological polar surface area (TPSA) is 79.4 Å². The zero-order valence-electron chi connectivity index (χ0n) is 9.47. The molecule has 16 heavy (non-hydrogen) atoms. The van der Waals surface area contributed by atoms with Crippen molar-refractivity contribution in [2.75, 3.05) is 6.54 Å². The van der Waals surface area contributed by atoms with Gasteiger partial charge in [0.2, 0.25) is 0 Å². The van der Waals surface area contributed by atoms with Crippen LogP contribution in [-0.4, -0.2) is 52.5 Å². The molecule has 2 fully saturated rings. The zero-order chi connectivity index (χ0) is 12.1. The van der Waals surface area contributed by atoms with Crippen molar-refractivity contribution < 1.29 is 24.2 Å². The van der Waals surface area contributed by atoms with Crippen LogP contribution in [-0.2, 0) is 14.3 Å². The fourth-order valence-electron chi connectivity index (χ4n) is 1.85. The number of carbonyl (C=O) groups excluding carboxylic acids is 1. The zero-order valence-corrected chi connectivity index (χ0v) is 9.47. The fourth-order valence-corrected chi connectivity index (χ4v) is 1.85. The number of amides is 1. The molecular weight excluding hydrogens is 214 g/mol. The molecule has 2 saturated heterocycles. The first kappa shape index (κ1) is 11.2. The Labute approximate surface area is 93.1 Å². The van der Waals surface area contributed by atoms with Crippen LogP contribution in [0, 0.1) is 0 Å². The average molecular weight is 229 g/mol. The summed E-state index contributed by atoms with van der Waals surface area (Å²) in [7, 11) is 0. The standard InChI is InChI=1S/C10H15NO5/c1-10(2,3)16-9(14)11-4-5-7(15-5)6(11)8(12)13/h5-7H,4H2,1-3H3,(H,12,13)/t5-,6-,7-/m0/s1. The number of carboxylic acid groups (broad SMARTS) is 1. The highest BCUT2D eigenvalue weighted by molar-refractivity contribution is 5.82. The Hall–Kier alpha value is -1.30. The number of hydrogen-bond donors (Lipinski definition) is 1. The summed E-state index contributed by atoms with van der Waals surface area (Å²) in [6.07, 6.45) is -1.07. The Morgan fingerprint density at radius 3 is 2.56 bits per heavy atom. The molecular formula is C10H15NO5. The Morgan fingerprint density at radius 2 is 2.06 bits per heavy atom. The second kappa shape index (κ2) is 3.35. The van der Waals surface area contributed by atoms with Crippen molar-refractivity contribution in [2.45, 2.75) is 44.6 Å². The van der Waals surface area contributed by atoms with Crippen molar-refractivity contribution in [2.24, 2.45) is 0 Å². The predicted octanol–water partition coefficient (Wildman–Crippen LogP) is 0.458. The summed E-state index contributed by atoms with van der Waals surface area (Å²) in [5.41, 5.74) is -0.617. The number of likely N-dealkylation sites (tertiary alicyclic amines) is 1. The van der Waals surface area contributed by atoms with E-state index in [1.54, 1.807) is 20.8 Å². The van der Waals surface area contributed by atoms with Gasteiger partial charge >= 0.3 is 12.1 Å². The number of carbonyl (C=O) groups is 2. The normalized spacial score (nSPS) is 32.2. The largest absolute Gasteiger partial charge is 0.480 e. The molecule has 0 aromatic heterocycles. The summed E-state index contributed by atoms with van der Waals surface area (Å²) in [6, 6.07) is -0.903. The van der Waals surface area contributed by atoms with Crippen LogP contribution in [0.15, 0.2) is 0 Å². The monoisotopic (exact) mass is 229 g/mol. The number of fused-ring (bicyclic) bond motifs is 1. The lowest BCUT2D eigenvalue weighted by Gasteiger charge is -2.27. The third kappa shape index (κ3) is 1.97. The average Bonchev–Trinajstić information content (AvgIpc) is 2.73. The van der Waals surface area contributed by atoms with Crippen molar-refractivity contribution in [3.63, 3.8) is 0 Å². The van der Waals surface area contributed by atoms with Crippen LogP contribution < -0.4 is 0 Å². The first-order valence-electron chi connectivity index (χ1n) is 5.17. The van der Waals surface area contributed by atoms with E-state index in [0.717, 1.165) is 0 Å². The van der Waals surface area contributed by atoms with Crippen LogP contribution in [0.2, 0.25) is 0 Å². The van der Waals surface area contributed by atoms with Crippen molar-refractivity contribution in [3.05, 3.63) is 0 Å². The van der Waals surface area contributed by atoms with Gasteiger partial charge in [0.25, 0.3) is 0 Å². The highest BCUT2D eigenvalue weighted by Crippen LogP contribution is 2.37. The summed E-state index contributed by atoms with van der Waals surface area (Å²) >= 11 is 0. The van der Waals surface area contributed by atoms with Gasteiger partial charge in [-0.3, -0.25) is 4.90 Å². The lowest BCUT2D eigenvalue weighted by atomic mass is 10.2. The maximum absolute atomic E-state index is 11.7. The summed E-state index contributed by atoms with van der Waals surface area (Å²) in [5, 5.41) is 9.00. The molecule has 2 rings (SSSR count). The molecule has 0 unspecified atom stereocenters. The second-order valence-corrected chi connectivity index (χ2v) is 5.05. The smallest absolute Gasteiger partial charge is 0.411 e. The Kier molecular flexibility index (Phi) is 2.34. The third-order valence-corrected chi connectivity index (χ3v) is 2.53. The van der Waals surface area contributed by atoms with Crippen LogP contribution in [0.3, 0.4) is 0 Å². The number of nitrogens with zero attached hydrogens (tertiary/aromatic N) is 1. The SMILES string of the molecule is CC(C)(C)OC(=O)N1C[C@@H]2O[C@@H]2[C@H]1C(=O)O. The quantitative estimate of drug-likeness (QED) is 0.661. The maximum atomic E-state index is 11.7. The second-order valence-electron chi connectivity index (χ2n) is 5.05. The number of hydrogen-bond acceptors (Lipinski definition) is 4. The van der Waals surface area contributed by atoms with Crippen molar-refractivity contribution in [1.29, 1.82) is 0 Å². The lowest BCUT2D eigenvalue weighted by molar-refractivity contribution is -0.143. The first-order chi connectivity index (χ1) is 7.29. The number of rotatable bonds is 1. The Morgan fingerprint density at radius 1 is 1.44 bits per heavy atom. The van der Waals surface area contributed by atoms with Gasteiger partial charge in [-0.2, -0.15) is 0 Å². The predicted molar refractivity (Wildman–Crippen MR) is 53.0 cm³/mol. The molecule has 0 aromatic rings. The Bertz CT molecular complexity index is 335. The molecule has 1 amide bonds. The number of epoxide rings is 1. The maximum Gasteiger partial charge on any atom is 0.411 e. The summed E-state index contributed by atoms with van der Waals surface area (Å²) < 4.78 is 10.2. The van der Waals surface area contributed by atoms with Gasteiger partial charge in [0.15, 0.2) is 6.04 Å². The van der Waals surface area contributed by atoms with Gasteiger partial charge in [0, 0.05) is 0 Å². The summed E-state index contributed by atoms with van der Waals surface area (Å²) in [6.45, 7) is 5.53. The molecule has 0 radical (unpaired) electrons. The molecule has 6 nitrogen and oxygen atoms in total. The molecule has 6 heteroatoms. The van der Waals surface area contributed by atoms with E-state index in [1.807, 2.05) is 0 Å². The van der Waals surface area contributed by atoms with Crippen molar-refractivity contribution in [1.82, 2.24) is 4.90 Å². The van der Waals surface area contributed by atoms with Crippen molar-refractivity contribution >= 4 is 12.1 Å². The number of morpholine rings is 1. The number of carboxylic acids is 1. The van der Waals surface area contributed by atoms with E-state index in [-0.39, 0.29) is 12.2 Å². The lowest BCUT2D eigenvalue weighted by Crippen LogP contribution is -2.46. The molecule has 0 bridgehead atoms. The van der Waals surface area contributed by atoms with Gasteiger partial charge < -0.3 is 14.6 Å². The molecule has 90 valence electrons. The fraction of sp³-hybridized carbons (Fsp3) is 0.800. The minimum absolute atomic E-state index is 0.131. The number of ether oxygens (including phenoxy) is 2. The molecule has 3 atom stereocenters. The highest BCUT2D eigenvalue weighted by atomic mass is 16.6. The molecule has 0 aromatic carbocycles. The van der Waals surface area contributed by atoms with Crippen LogP contribution in [0.25, 0.3) is 0 Å². The first-order valence-corrected chi connectivity index (χ1v) is 5.17. The van der Waals surface area contributed by atoms with E-state index in [4.69, 9.17) is 14.6 Å². The van der Waals surface area contributed by atoms with Crippen LogP contribution in [0.1, 0.15) is 20.8 Å². The molecule has 0 aliphatic carbocycles. The van der Waals surface area contributed by atoms with E-state index < -0.39 is 23.7 Å². The van der Waals surface area contributed by atoms with Gasteiger partial charge in [0.1, 0.15) is 17.8 Å². The summed E-state index contributed by atoms with van der Waals surface area (Å²) in [5.74, 6) is -1.05. The van der Waals surface area contributed by atoms with Gasteiger partial charge in [0.05, 0.1) is 6.54 Å². The molecule has 2 aliphatic heterocycles. The van der Waals surface area contributed by atoms with E-state index in [9.17, 15) is 9.59 Å². The van der Waals surface area contributed by atoms with Crippen LogP contribution in [0.5, 0.6) is 0 Å². The number of aliphatic carboxylic acids is 1. The molecule has 2 aliphatic rings. The Balaban J connectivity index is 2.04. The molecule has 2 heterocycles. The minimum Gasteiger partial charge on any atom is -0.480 e. The van der Waals surface area contributed by atoms with Gasteiger partial charge in [-0.1, -0.05) is 0 Å². The molecule has 0 saturated carbocycles. The van der Waals surface area contributed by atoms with Crippen molar-refractivity contribution in [3.8, 4) is 0 Å². The van der Waals surface area contributed by atoms with Gasteiger partial charge in [-0.15, -0.1) is 0 Å². The van der Waals surface area contributed by atoms with E-state index in [1.165, 1.54) is 4.90 Å².